The average molecular weight is 513 g/mol. The molecule has 0 heterocycles. The van der Waals surface area contributed by atoms with Crippen LogP contribution in [0.3, 0.4) is 0 Å². The summed E-state index contributed by atoms with van der Waals surface area (Å²) in [6.07, 6.45) is 0.839. The molecule has 9 heteroatoms. The van der Waals surface area contributed by atoms with Crippen molar-refractivity contribution in [3.05, 3.63) is 81.9 Å². The number of sulfonamides is 1. The van der Waals surface area contributed by atoms with E-state index in [0.29, 0.717) is 45.8 Å². The lowest BCUT2D eigenvalue weighted by molar-refractivity contribution is -0.140. The highest BCUT2D eigenvalue weighted by Crippen LogP contribution is 2.36. The maximum atomic E-state index is 13.0. The molecule has 0 saturated heterocycles. The molecule has 3 N–H and O–H groups in total. The van der Waals surface area contributed by atoms with Crippen molar-refractivity contribution in [1.29, 1.82) is 0 Å². The first-order valence-electron chi connectivity index (χ1n) is 11.0. The number of aryl methyl sites for hydroxylation is 3. The first-order valence-corrected chi connectivity index (χ1v) is 12.8. The van der Waals surface area contributed by atoms with Crippen LogP contribution in [-0.4, -0.2) is 30.9 Å². The van der Waals surface area contributed by atoms with Gasteiger partial charge >= 0.3 is 5.97 Å². The van der Waals surface area contributed by atoms with Crippen LogP contribution in [0.1, 0.15) is 39.9 Å². The number of carboxylic acids is 1. The van der Waals surface area contributed by atoms with E-state index in [2.05, 4.69) is 10.0 Å². The van der Waals surface area contributed by atoms with Crippen LogP contribution >= 0.6 is 11.6 Å². The Balaban J connectivity index is 1.57. The Hall–Kier alpha value is -3.36. The molecule has 0 spiro atoms. The Morgan fingerprint density at radius 1 is 0.914 bits per heavy atom. The molecule has 7 nitrogen and oxygen atoms in total. The number of hydrogen-bond donors (Lipinski definition) is 3. The van der Waals surface area contributed by atoms with Gasteiger partial charge in [-0.25, -0.2) is 13.2 Å². The van der Waals surface area contributed by atoms with Crippen LogP contribution in [0, 0.1) is 20.8 Å². The zero-order chi connectivity index (χ0) is 25.5. The summed E-state index contributed by atoms with van der Waals surface area (Å²) in [5, 5.41) is 12.4. The zero-order valence-corrected chi connectivity index (χ0v) is 21.0. The van der Waals surface area contributed by atoms with Crippen molar-refractivity contribution in [3.8, 4) is 11.1 Å². The zero-order valence-electron chi connectivity index (χ0n) is 19.5. The van der Waals surface area contributed by atoms with Crippen LogP contribution in [0.2, 0.25) is 5.02 Å². The lowest BCUT2D eigenvalue weighted by Gasteiger charge is -2.15. The molecule has 0 aromatic heterocycles. The van der Waals surface area contributed by atoms with Crippen LogP contribution in [0.5, 0.6) is 0 Å². The van der Waals surface area contributed by atoms with Gasteiger partial charge in [0.1, 0.15) is 5.54 Å². The van der Waals surface area contributed by atoms with E-state index in [1.807, 2.05) is 12.1 Å². The molecule has 1 amide bonds. The minimum Gasteiger partial charge on any atom is -0.480 e. The van der Waals surface area contributed by atoms with Gasteiger partial charge in [0.25, 0.3) is 15.9 Å². The summed E-state index contributed by atoms with van der Waals surface area (Å²) >= 11 is 6.11. The fourth-order valence-corrected chi connectivity index (χ4v) is 5.50. The van der Waals surface area contributed by atoms with E-state index in [1.54, 1.807) is 63.2 Å². The molecule has 0 aliphatic heterocycles. The number of rotatable bonds is 7. The van der Waals surface area contributed by atoms with Gasteiger partial charge in [-0.1, -0.05) is 35.9 Å². The molecule has 1 saturated carbocycles. The molecule has 0 unspecified atom stereocenters. The summed E-state index contributed by atoms with van der Waals surface area (Å²) in [4.78, 5) is 24.2. The molecular formula is C26H25ClN2O5S. The van der Waals surface area contributed by atoms with Crippen LogP contribution in [0.15, 0.2) is 59.5 Å². The quantitative estimate of drug-likeness (QED) is 0.408. The number of aliphatic carboxylic acids is 1. The van der Waals surface area contributed by atoms with Crippen LogP contribution in [0.4, 0.5) is 5.69 Å². The molecule has 182 valence electrons. The minimum absolute atomic E-state index is 0.158. The highest BCUT2D eigenvalue weighted by atomic mass is 35.5. The number of nitrogens with one attached hydrogen (secondary N) is 2. The van der Waals surface area contributed by atoms with Gasteiger partial charge in [-0.15, -0.1) is 0 Å². The normalized spacial score (nSPS) is 14.3. The summed E-state index contributed by atoms with van der Waals surface area (Å²) in [5.41, 5.74) is 3.07. The van der Waals surface area contributed by atoms with Crippen molar-refractivity contribution in [2.45, 2.75) is 44.0 Å². The molecule has 0 atom stereocenters. The van der Waals surface area contributed by atoms with E-state index in [-0.39, 0.29) is 4.90 Å². The second kappa shape index (κ2) is 9.02. The monoisotopic (exact) mass is 512 g/mol. The summed E-state index contributed by atoms with van der Waals surface area (Å²) in [5.74, 6) is -1.45. The number of benzene rings is 3. The van der Waals surface area contributed by atoms with E-state index in [9.17, 15) is 23.1 Å². The lowest BCUT2D eigenvalue weighted by Crippen LogP contribution is -2.43. The van der Waals surface area contributed by atoms with Gasteiger partial charge in [0.2, 0.25) is 0 Å². The number of carbonyl (C=O) groups is 2. The number of halogens is 1. The second-order valence-electron chi connectivity index (χ2n) is 8.92. The van der Waals surface area contributed by atoms with Crippen molar-refractivity contribution >= 4 is 39.2 Å². The van der Waals surface area contributed by atoms with Crippen molar-refractivity contribution in [2.24, 2.45) is 0 Å². The molecule has 3 aromatic rings. The number of amides is 1. The Bertz CT molecular complexity index is 1460. The van der Waals surface area contributed by atoms with Crippen molar-refractivity contribution in [1.82, 2.24) is 5.32 Å². The topological polar surface area (TPSA) is 113 Å². The molecule has 1 aliphatic rings. The molecule has 3 aromatic carbocycles. The van der Waals surface area contributed by atoms with Gasteiger partial charge in [0.05, 0.1) is 4.90 Å². The van der Waals surface area contributed by atoms with Gasteiger partial charge in [-0.2, -0.15) is 0 Å². The van der Waals surface area contributed by atoms with Gasteiger partial charge in [0, 0.05) is 16.3 Å². The van der Waals surface area contributed by atoms with E-state index < -0.39 is 27.4 Å². The van der Waals surface area contributed by atoms with E-state index in [1.165, 1.54) is 0 Å². The van der Waals surface area contributed by atoms with Gasteiger partial charge in [-0.3, -0.25) is 9.52 Å². The van der Waals surface area contributed by atoms with Crippen molar-refractivity contribution in [2.75, 3.05) is 4.72 Å². The lowest BCUT2D eigenvalue weighted by atomic mass is 9.99. The Morgan fingerprint density at radius 2 is 1.60 bits per heavy atom. The third-order valence-corrected chi connectivity index (χ3v) is 8.11. The largest absolute Gasteiger partial charge is 0.480 e. The fraction of sp³-hybridized carbons (Fsp3) is 0.231. The predicted molar refractivity (Wildman–Crippen MR) is 135 cm³/mol. The number of carbonyl (C=O) groups excluding carboxylic acids is 1. The highest BCUT2D eigenvalue weighted by Gasteiger charge is 2.51. The van der Waals surface area contributed by atoms with Crippen molar-refractivity contribution < 1.29 is 23.1 Å². The number of hydrogen-bond acceptors (Lipinski definition) is 4. The Labute approximate surface area is 209 Å². The highest BCUT2D eigenvalue weighted by molar-refractivity contribution is 7.92. The first-order chi connectivity index (χ1) is 16.4. The van der Waals surface area contributed by atoms with Gasteiger partial charge in [-0.05, 0) is 91.8 Å². The van der Waals surface area contributed by atoms with Crippen molar-refractivity contribution in [3.63, 3.8) is 0 Å². The maximum absolute atomic E-state index is 13.0. The maximum Gasteiger partial charge on any atom is 0.329 e. The minimum atomic E-state index is -3.84. The average Bonchev–Trinajstić information content (AvgIpc) is 3.56. The Morgan fingerprint density at radius 3 is 2.23 bits per heavy atom. The summed E-state index contributed by atoms with van der Waals surface area (Å²) in [6, 6.07) is 15.4. The molecule has 4 rings (SSSR count). The van der Waals surface area contributed by atoms with Gasteiger partial charge in [0.15, 0.2) is 0 Å². The third-order valence-electron chi connectivity index (χ3n) is 6.18. The SMILES string of the molecule is Cc1cc(S(=O)(=O)Nc2cccc(-c3ccc(C(=O)NC4(C(=O)O)CC4)c(C)c3)c2)c(C)cc1Cl. The summed E-state index contributed by atoms with van der Waals surface area (Å²) < 4.78 is 28.7. The molecule has 1 fully saturated rings. The van der Waals surface area contributed by atoms with Gasteiger partial charge < -0.3 is 10.4 Å². The standard InChI is InChI=1S/C26H25ClN2O5S/c1-15-11-19(7-8-21(15)24(30)28-26(9-10-26)25(31)32)18-5-4-6-20(14-18)29-35(33,34)23-13-16(2)22(27)12-17(23)3/h4-8,11-14,29H,9-10H2,1-3H3,(H,28,30)(H,31,32). The smallest absolute Gasteiger partial charge is 0.329 e. The third kappa shape index (κ3) is 5.04. The number of anilines is 1. The fourth-order valence-electron chi connectivity index (χ4n) is 3.92. The van der Waals surface area contributed by atoms with Crippen LogP contribution in [-0.2, 0) is 14.8 Å². The Kier molecular flexibility index (Phi) is 6.38. The summed E-state index contributed by atoms with van der Waals surface area (Å²) in [7, 11) is -3.84. The molecular weight excluding hydrogens is 488 g/mol. The van der Waals surface area contributed by atoms with E-state index in [0.717, 1.165) is 11.1 Å². The van der Waals surface area contributed by atoms with Crippen LogP contribution < -0.4 is 10.0 Å². The number of carboxylic acid groups (broad SMARTS) is 1. The summed E-state index contributed by atoms with van der Waals surface area (Å²) in [6.45, 7) is 5.22. The van der Waals surface area contributed by atoms with Crippen LogP contribution in [0.25, 0.3) is 11.1 Å². The molecule has 35 heavy (non-hydrogen) atoms. The molecule has 0 radical (unpaired) electrons. The molecule has 0 bridgehead atoms. The van der Waals surface area contributed by atoms with E-state index in [4.69, 9.17) is 11.6 Å². The van der Waals surface area contributed by atoms with E-state index >= 15 is 0 Å². The molecule has 1 aliphatic carbocycles. The first kappa shape index (κ1) is 24.8. The predicted octanol–water partition coefficient (Wildman–Crippen LogP) is 5.08. The second-order valence-corrected chi connectivity index (χ2v) is 11.0.